The Kier molecular flexibility index (Phi) is 7.02. The molecule has 4 aromatic rings. The lowest BCUT2D eigenvalue weighted by atomic mass is 9.99. The molecule has 33 heavy (non-hydrogen) atoms. The molecule has 0 radical (unpaired) electrons. The molecule has 0 spiro atoms. The van der Waals surface area contributed by atoms with Crippen LogP contribution in [0.3, 0.4) is 0 Å². The van der Waals surface area contributed by atoms with Gasteiger partial charge >= 0.3 is 0 Å². The van der Waals surface area contributed by atoms with E-state index >= 15 is 0 Å². The molecule has 4 nitrogen and oxygen atoms in total. The lowest BCUT2D eigenvalue weighted by Crippen LogP contribution is -2.13. The van der Waals surface area contributed by atoms with Gasteiger partial charge in [0.1, 0.15) is 0 Å². The number of hydrogen-bond acceptors (Lipinski definition) is 4. The largest absolute Gasteiger partial charge is 0.302 e. The molecule has 6 heteroatoms. The molecule has 0 aliphatic heterocycles. The van der Waals surface area contributed by atoms with Crippen LogP contribution in [0, 0.1) is 13.8 Å². The van der Waals surface area contributed by atoms with Gasteiger partial charge in [-0.3, -0.25) is 9.59 Å². The zero-order valence-electron chi connectivity index (χ0n) is 18.4. The Balaban J connectivity index is 1.51. The standard InChI is InChI=1S/C27H23ClN2O2S/c1-17-8-13-22(18(2)16-17)23(31)14-15-24(32)29-27-30-25(19-6-4-3-5-7-19)26(33-27)20-9-11-21(28)12-10-20/h3-13,16H,14-15H2,1-2H3,(H,29,30,32). The maximum atomic E-state index is 12.6. The van der Waals surface area contributed by atoms with Gasteiger partial charge in [0.2, 0.25) is 5.91 Å². The van der Waals surface area contributed by atoms with Crippen molar-refractivity contribution in [2.24, 2.45) is 0 Å². The summed E-state index contributed by atoms with van der Waals surface area (Å²) >= 11 is 7.46. The van der Waals surface area contributed by atoms with Crippen molar-refractivity contribution < 1.29 is 9.59 Å². The third-order valence-electron chi connectivity index (χ3n) is 5.29. The summed E-state index contributed by atoms with van der Waals surface area (Å²) in [7, 11) is 0. The average Bonchev–Trinajstić information content (AvgIpc) is 3.22. The normalized spacial score (nSPS) is 10.8. The van der Waals surface area contributed by atoms with Gasteiger partial charge in [0.15, 0.2) is 10.9 Å². The SMILES string of the molecule is Cc1ccc(C(=O)CCC(=O)Nc2nc(-c3ccccc3)c(-c3ccc(Cl)cc3)s2)c(C)c1. The van der Waals surface area contributed by atoms with Gasteiger partial charge in [-0.15, -0.1) is 0 Å². The van der Waals surface area contributed by atoms with E-state index in [1.165, 1.54) is 11.3 Å². The predicted molar refractivity (Wildman–Crippen MR) is 136 cm³/mol. The van der Waals surface area contributed by atoms with Gasteiger partial charge in [-0.1, -0.05) is 89.2 Å². The van der Waals surface area contributed by atoms with Crippen LogP contribution in [0.1, 0.15) is 34.3 Å². The Hall–Kier alpha value is -3.28. The van der Waals surface area contributed by atoms with E-state index in [9.17, 15) is 9.59 Å². The van der Waals surface area contributed by atoms with Crippen molar-refractivity contribution in [3.63, 3.8) is 0 Å². The molecule has 1 aromatic heterocycles. The van der Waals surface area contributed by atoms with E-state index in [0.29, 0.717) is 15.7 Å². The molecule has 3 aromatic carbocycles. The van der Waals surface area contributed by atoms with E-state index in [0.717, 1.165) is 32.8 Å². The van der Waals surface area contributed by atoms with E-state index in [1.807, 2.05) is 86.6 Å². The zero-order chi connectivity index (χ0) is 23.4. The molecule has 0 atom stereocenters. The Morgan fingerprint density at radius 1 is 0.909 bits per heavy atom. The number of aryl methyl sites for hydroxylation is 2. The summed E-state index contributed by atoms with van der Waals surface area (Å²) in [5.74, 6) is -0.266. The van der Waals surface area contributed by atoms with Gasteiger partial charge in [0.25, 0.3) is 0 Å². The van der Waals surface area contributed by atoms with Crippen molar-refractivity contribution >= 4 is 39.8 Å². The highest BCUT2D eigenvalue weighted by molar-refractivity contribution is 7.19. The molecule has 0 aliphatic rings. The molecule has 1 heterocycles. The van der Waals surface area contributed by atoms with Crippen LogP contribution in [0.25, 0.3) is 21.7 Å². The van der Waals surface area contributed by atoms with Gasteiger partial charge in [0, 0.05) is 29.0 Å². The first-order chi connectivity index (χ1) is 15.9. The molecule has 4 rings (SSSR count). The van der Waals surface area contributed by atoms with Gasteiger partial charge < -0.3 is 5.32 Å². The third kappa shape index (κ3) is 5.56. The second-order valence-corrected chi connectivity index (χ2v) is 9.29. The summed E-state index contributed by atoms with van der Waals surface area (Å²) in [5.41, 5.74) is 5.44. The van der Waals surface area contributed by atoms with Gasteiger partial charge in [-0.25, -0.2) is 4.98 Å². The van der Waals surface area contributed by atoms with Crippen LogP contribution in [-0.4, -0.2) is 16.7 Å². The number of benzene rings is 3. The number of aromatic nitrogens is 1. The Morgan fingerprint density at radius 2 is 1.64 bits per heavy atom. The number of amides is 1. The first kappa shape index (κ1) is 22.9. The Bertz CT molecular complexity index is 1300. The number of anilines is 1. The minimum atomic E-state index is -0.232. The maximum absolute atomic E-state index is 12.6. The number of nitrogens with zero attached hydrogens (tertiary/aromatic N) is 1. The van der Waals surface area contributed by atoms with E-state index in [2.05, 4.69) is 5.32 Å². The van der Waals surface area contributed by atoms with Crippen molar-refractivity contribution in [2.45, 2.75) is 26.7 Å². The van der Waals surface area contributed by atoms with E-state index in [1.54, 1.807) is 0 Å². The summed E-state index contributed by atoms with van der Waals surface area (Å²) in [5, 5.41) is 4.04. The van der Waals surface area contributed by atoms with Gasteiger partial charge in [0.05, 0.1) is 10.6 Å². The fourth-order valence-electron chi connectivity index (χ4n) is 3.63. The minimum Gasteiger partial charge on any atom is -0.302 e. The third-order valence-corrected chi connectivity index (χ3v) is 6.56. The van der Waals surface area contributed by atoms with Crippen molar-refractivity contribution in [2.75, 3.05) is 5.32 Å². The molecule has 0 unspecified atom stereocenters. The fourth-order valence-corrected chi connectivity index (χ4v) is 4.77. The van der Waals surface area contributed by atoms with Crippen LogP contribution in [0.5, 0.6) is 0 Å². The highest BCUT2D eigenvalue weighted by Gasteiger charge is 2.17. The number of carbonyl (C=O) groups excluding carboxylic acids is 2. The summed E-state index contributed by atoms with van der Waals surface area (Å²) in [6.07, 6.45) is 0.249. The topological polar surface area (TPSA) is 59.1 Å². The highest BCUT2D eigenvalue weighted by atomic mass is 35.5. The second kappa shape index (κ2) is 10.1. The van der Waals surface area contributed by atoms with E-state index in [4.69, 9.17) is 16.6 Å². The van der Waals surface area contributed by atoms with Crippen LogP contribution in [0.2, 0.25) is 5.02 Å². The first-order valence-electron chi connectivity index (χ1n) is 10.6. The average molecular weight is 475 g/mol. The smallest absolute Gasteiger partial charge is 0.226 e. The first-order valence-corrected chi connectivity index (χ1v) is 11.8. The van der Waals surface area contributed by atoms with Crippen LogP contribution < -0.4 is 5.32 Å². The fraction of sp³-hybridized carbons (Fsp3) is 0.148. The summed E-state index contributed by atoms with van der Waals surface area (Å²) in [4.78, 5) is 30.8. The number of nitrogens with one attached hydrogen (secondary N) is 1. The number of thiazole rings is 1. The molecule has 166 valence electrons. The molecule has 0 saturated heterocycles. The Morgan fingerprint density at radius 3 is 2.33 bits per heavy atom. The number of ketones is 1. The Labute approximate surface area is 202 Å². The van der Waals surface area contributed by atoms with Crippen molar-refractivity contribution in [1.29, 1.82) is 0 Å². The molecule has 0 saturated carbocycles. The minimum absolute atomic E-state index is 0.0337. The quantitative estimate of drug-likeness (QED) is 0.285. The maximum Gasteiger partial charge on any atom is 0.226 e. The molecule has 0 bridgehead atoms. The van der Waals surface area contributed by atoms with Gasteiger partial charge in [-0.2, -0.15) is 0 Å². The number of hydrogen-bond donors (Lipinski definition) is 1. The van der Waals surface area contributed by atoms with Gasteiger partial charge in [-0.05, 0) is 37.1 Å². The highest BCUT2D eigenvalue weighted by Crippen LogP contribution is 2.39. The summed E-state index contributed by atoms with van der Waals surface area (Å²) in [6, 6.07) is 23.1. The second-order valence-electron chi connectivity index (χ2n) is 7.86. The molecule has 0 aliphatic carbocycles. The number of rotatable bonds is 7. The van der Waals surface area contributed by atoms with Crippen LogP contribution in [0.15, 0.2) is 72.8 Å². The molecule has 1 N–H and O–H groups in total. The number of carbonyl (C=O) groups is 2. The number of Topliss-reactive ketones (excluding diaryl/α,β-unsaturated/α-hetero) is 1. The van der Waals surface area contributed by atoms with Crippen molar-refractivity contribution in [3.8, 4) is 21.7 Å². The lowest BCUT2D eigenvalue weighted by Gasteiger charge is -2.06. The van der Waals surface area contributed by atoms with E-state index < -0.39 is 0 Å². The zero-order valence-corrected chi connectivity index (χ0v) is 20.0. The van der Waals surface area contributed by atoms with Crippen LogP contribution in [-0.2, 0) is 4.79 Å². The predicted octanol–water partition coefficient (Wildman–Crippen LogP) is 7.35. The molecule has 0 fully saturated rings. The van der Waals surface area contributed by atoms with Crippen LogP contribution in [0.4, 0.5) is 5.13 Å². The molecular weight excluding hydrogens is 452 g/mol. The molecule has 1 amide bonds. The van der Waals surface area contributed by atoms with Crippen molar-refractivity contribution in [1.82, 2.24) is 4.98 Å². The van der Waals surface area contributed by atoms with Crippen molar-refractivity contribution in [3.05, 3.63) is 94.5 Å². The monoisotopic (exact) mass is 474 g/mol. The van der Waals surface area contributed by atoms with E-state index in [-0.39, 0.29) is 24.5 Å². The number of halogens is 1. The molecular formula is C27H23ClN2O2S. The summed E-state index contributed by atoms with van der Waals surface area (Å²) < 4.78 is 0. The summed E-state index contributed by atoms with van der Waals surface area (Å²) in [6.45, 7) is 3.91. The van der Waals surface area contributed by atoms with Crippen LogP contribution >= 0.6 is 22.9 Å². The lowest BCUT2D eigenvalue weighted by molar-refractivity contribution is -0.116.